The van der Waals surface area contributed by atoms with Crippen LogP contribution in [-0.2, 0) is 28.6 Å². The zero-order chi connectivity index (χ0) is 52.9. The number of allylic oxidation sites excluding steroid dienone is 8. The molecule has 0 fully saturated rings. The smallest absolute Gasteiger partial charge is 0.306 e. The van der Waals surface area contributed by atoms with Crippen LogP contribution in [0.5, 0.6) is 0 Å². The van der Waals surface area contributed by atoms with Gasteiger partial charge in [-0.2, -0.15) is 0 Å². The Morgan fingerprint density at radius 1 is 0.274 bits per heavy atom. The van der Waals surface area contributed by atoms with Crippen LogP contribution in [-0.4, -0.2) is 37.2 Å². The third-order valence-corrected chi connectivity index (χ3v) is 14.3. The fourth-order valence-corrected chi connectivity index (χ4v) is 9.46. The van der Waals surface area contributed by atoms with Crippen LogP contribution in [0.25, 0.3) is 0 Å². The molecule has 0 rings (SSSR count). The Kier molecular flexibility index (Phi) is 59.7. The first-order valence-electron chi connectivity index (χ1n) is 32.1. The van der Waals surface area contributed by atoms with E-state index < -0.39 is 6.10 Å². The van der Waals surface area contributed by atoms with E-state index in [9.17, 15) is 14.4 Å². The van der Waals surface area contributed by atoms with Gasteiger partial charge >= 0.3 is 17.9 Å². The zero-order valence-corrected chi connectivity index (χ0v) is 48.9. The predicted octanol–water partition coefficient (Wildman–Crippen LogP) is 21.8. The van der Waals surface area contributed by atoms with Crippen LogP contribution in [0.15, 0.2) is 48.6 Å². The molecule has 0 aromatic heterocycles. The monoisotopic (exact) mass is 1020 g/mol. The van der Waals surface area contributed by atoms with Gasteiger partial charge in [0.05, 0.1) is 0 Å². The summed E-state index contributed by atoms with van der Waals surface area (Å²) in [6, 6.07) is 0. The molecule has 6 nitrogen and oxygen atoms in total. The summed E-state index contributed by atoms with van der Waals surface area (Å²) in [5.41, 5.74) is 0. The molecule has 0 aliphatic heterocycles. The largest absolute Gasteiger partial charge is 0.462 e. The lowest BCUT2D eigenvalue weighted by Crippen LogP contribution is -2.30. The first kappa shape index (κ1) is 70.4. The molecule has 0 saturated carbocycles. The SMILES string of the molecule is CCC/C=C\C/C=C\CCCCCCCC(=O)OC(COC(=O)CCCCCCCCCCCCC)COC(=O)CCCCCCCCCCCCCCCCCCCCC/C=C\C/C=C\CCCCCCC. The van der Waals surface area contributed by atoms with E-state index in [-0.39, 0.29) is 31.1 Å². The summed E-state index contributed by atoms with van der Waals surface area (Å²) in [4.78, 5) is 38.1. The highest BCUT2D eigenvalue weighted by molar-refractivity contribution is 5.71. The predicted molar refractivity (Wildman–Crippen MR) is 316 cm³/mol. The number of hydrogen-bond donors (Lipinski definition) is 0. The lowest BCUT2D eigenvalue weighted by Gasteiger charge is -2.18. The number of carbonyl (C=O) groups is 3. The van der Waals surface area contributed by atoms with Crippen molar-refractivity contribution in [3.05, 3.63) is 48.6 Å². The van der Waals surface area contributed by atoms with E-state index in [2.05, 4.69) is 69.4 Å². The van der Waals surface area contributed by atoms with Gasteiger partial charge in [-0.05, 0) is 77.0 Å². The Morgan fingerprint density at radius 3 is 0.808 bits per heavy atom. The van der Waals surface area contributed by atoms with Crippen LogP contribution in [0.1, 0.15) is 342 Å². The van der Waals surface area contributed by atoms with E-state index in [0.717, 1.165) is 96.3 Å². The van der Waals surface area contributed by atoms with E-state index in [1.807, 2.05) is 0 Å². The summed E-state index contributed by atoms with van der Waals surface area (Å²) < 4.78 is 16.9. The number of hydrogen-bond acceptors (Lipinski definition) is 6. The molecule has 0 saturated heterocycles. The first-order valence-corrected chi connectivity index (χ1v) is 32.1. The van der Waals surface area contributed by atoms with Crippen molar-refractivity contribution in [3.63, 3.8) is 0 Å². The molecule has 0 aromatic rings. The molecule has 0 amide bonds. The molecule has 0 heterocycles. The fourth-order valence-electron chi connectivity index (χ4n) is 9.46. The second-order valence-electron chi connectivity index (χ2n) is 21.7. The molecule has 0 bridgehead atoms. The van der Waals surface area contributed by atoms with E-state index in [0.29, 0.717) is 19.3 Å². The topological polar surface area (TPSA) is 78.9 Å². The molecule has 73 heavy (non-hydrogen) atoms. The van der Waals surface area contributed by atoms with Gasteiger partial charge in [-0.15, -0.1) is 0 Å². The van der Waals surface area contributed by atoms with Crippen molar-refractivity contribution < 1.29 is 28.6 Å². The molecule has 426 valence electrons. The molecule has 0 aliphatic rings. The third-order valence-electron chi connectivity index (χ3n) is 14.3. The Bertz CT molecular complexity index is 1270. The lowest BCUT2D eigenvalue weighted by atomic mass is 10.0. The summed E-state index contributed by atoms with van der Waals surface area (Å²) in [6.45, 7) is 6.59. The molecule has 0 N–H and O–H groups in total. The van der Waals surface area contributed by atoms with E-state index in [4.69, 9.17) is 14.2 Å². The third kappa shape index (κ3) is 60.1. The molecule has 1 unspecified atom stereocenters. The van der Waals surface area contributed by atoms with E-state index in [1.54, 1.807) is 0 Å². The van der Waals surface area contributed by atoms with Crippen LogP contribution in [0.2, 0.25) is 0 Å². The quantitative estimate of drug-likeness (QED) is 0.0261. The molecular weight excluding hydrogens is 901 g/mol. The lowest BCUT2D eigenvalue weighted by molar-refractivity contribution is -0.167. The minimum atomic E-state index is -0.776. The highest BCUT2D eigenvalue weighted by Gasteiger charge is 2.19. The van der Waals surface area contributed by atoms with Crippen LogP contribution in [0.3, 0.4) is 0 Å². The molecule has 0 aliphatic carbocycles. The summed E-state index contributed by atoms with van der Waals surface area (Å²) >= 11 is 0. The molecule has 1 atom stereocenters. The standard InChI is InChI=1S/C67H122O6/c1-4-7-10-13-16-19-22-24-25-26-27-28-29-30-31-32-33-34-35-36-37-38-39-40-41-43-45-48-51-54-57-60-66(69)72-63-64(62-71-65(68)59-56-53-50-47-44-21-18-15-12-9-6-3)73-67(70)61-58-55-52-49-46-42-23-20-17-14-11-8-5-2/h11,14,20,22-24,26-27,64H,4-10,12-13,15-19,21,25,28-63H2,1-3H3/b14-11-,23-20-,24-22-,27-26-. The molecule has 0 aromatic carbocycles. The average molecular weight is 1020 g/mol. The van der Waals surface area contributed by atoms with Crippen molar-refractivity contribution in [2.24, 2.45) is 0 Å². The Hall–Kier alpha value is -2.63. The van der Waals surface area contributed by atoms with Crippen LogP contribution < -0.4 is 0 Å². The van der Waals surface area contributed by atoms with Gasteiger partial charge in [0.1, 0.15) is 13.2 Å². The Labute approximate surface area is 454 Å². The van der Waals surface area contributed by atoms with Gasteiger partial charge in [-0.3, -0.25) is 14.4 Å². The minimum Gasteiger partial charge on any atom is -0.462 e. The maximum atomic E-state index is 12.8. The van der Waals surface area contributed by atoms with Crippen LogP contribution >= 0.6 is 0 Å². The van der Waals surface area contributed by atoms with Gasteiger partial charge in [0.2, 0.25) is 0 Å². The summed E-state index contributed by atoms with van der Waals surface area (Å²) in [5, 5.41) is 0. The second kappa shape index (κ2) is 61.9. The van der Waals surface area contributed by atoms with Crippen molar-refractivity contribution in [1.82, 2.24) is 0 Å². The zero-order valence-electron chi connectivity index (χ0n) is 48.9. The van der Waals surface area contributed by atoms with Gasteiger partial charge in [-0.25, -0.2) is 0 Å². The second-order valence-corrected chi connectivity index (χ2v) is 21.7. The van der Waals surface area contributed by atoms with Gasteiger partial charge in [0, 0.05) is 19.3 Å². The van der Waals surface area contributed by atoms with Gasteiger partial charge in [-0.1, -0.05) is 294 Å². The first-order chi connectivity index (χ1) is 36.0. The maximum absolute atomic E-state index is 12.8. The fraction of sp³-hybridized carbons (Fsp3) is 0.836. The number of rotatable bonds is 59. The number of esters is 3. The van der Waals surface area contributed by atoms with Crippen molar-refractivity contribution in [1.29, 1.82) is 0 Å². The average Bonchev–Trinajstić information content (AvgIpc) is 3.39. The van der Waals surface area contributed by atoms with Gasteiger partial charge < -0.3 is 14.2 Å². The van der Waals surface area contributed by atoms with Crippen molar-refractivity contribution >= 4 is 17.9 Å². The maximum Gasteiger partial charge on any atom is 0.306 e. The highest BCUT2D eigenvalue weighted by Crippen LogP contribution is 2.17. The van der Waals surface area contributed by atoms with Gasteiger partial charge in [0.25, 0.3) is 0 Å². The van der Waals surface area contributed by atoms with Crippen LogP contribution in [0.4, 0.5) is 0 Å². The number of carbonyl (C=O) groups excluding carboxylic acids is 3. The van der Waals surface area contributed by atoms with Crippen molar-refractivity contribution in [2.45, 2.75) is 348 Å². The van der Waals surface area contributed by atoms with E-state index in [1.165, 1.54) is 205 Å². The summed E-state index contributed by atoms with van der Waals surface area (Å²) in [5.74, 6) is -0.872. The minimum absolute atomic E-state index is 0.0744. The van der Waals surface area contributed by atoms with Crippen molar-refractivity contribution in [3.8, 4) is 0 Å². The molecule has 6 heteroatoms. The number of ether oxygens (including phenoxy) is 3. The highest BCUT2D eigenvalue weighted by atomic mass is 16.6. The Morgan fingerprint density at radius 2 is 0.521 bits per heavy atom. The molecular formula is C67H122O6. The normalized spacial score (nSPS) is 12.3. The van der Waals surface area contributed by atoms with Gasteiger partial charge in [0.15, 0.2) is 6.10 Å². The summed E-state index contributed by atoms with van der Waals surface area (Å²) in [7, 11) is 0. The summed E-state index contributed by atoms with van der Waals surface area (Å²) in [6.07, 6.45) is 77.1. The molecule has 0 radical (unpaired) electrons. The van der Waals surface area contributed by atoms with Crippen molar-refractivity contribution in [2.75, 3.05) is 13.2 Å². The van der Waals surface area contributed by atoms with Crippen LogP contribution in [0, 0.1) is 0 Å². The number of unbranched alkanes of at least 4 members (excludes halogenated alkanes) is 40. The molecule has 0 spiro atoms. The Balaban J connectivity index is 4.07. The van der Waals surface area contributed by atoms with E-state index >= 15 is 0 Å².